The lowest BCUT2D eigenvalue weighted by molar-refractivity contribution is -0.690. The predicted molar refractivity (Wildman–Crippen MR) is 88.8 cm³/mol. The summed E-state index contributed by atoms with van der Waals surface area (Å²) < 4.78 is 5.31. The monoisotopic (exact) mass is 363 g/mol. The van der Waals surface area contributed by atoms with Crippen LogP contribution in [-0.4, -0.2) is 23.7 Å². The Morgan fingerprint density at radius 3 is 2.50 bits per heavy atom. The molecule has 0 spiro atoms. The van der Waals surface area contributed by atoms with Gasteiger partial charge in [0.15, 0.2) is 5.37 Å². The van der Waals surface area contributed by atoms with Gasteiger partial charge >= 0.3 is 5.97 Å². The highest BCUT2D eigenvalue weighted by atomic mass is 35.5. The number of carboxylic acid groups (broad SMARTS) is 1. The molecule has 1 fully saturated rings. The van der Waals surface area contributed by atoms with Crippen molar-refractivity contribution in [1.82, 2.24) is 0 Å². The van der Waals surface area contributed by atoms with Gasteiger partial charge in [-0.1, -0.05) is 35.5 Å². The van der Waals surface area contributed by atoms with Crippen LogP contribution in [-0.2, 0) is 4.79 Å². The van der Waals surface area contributed by atoms with Crippen molar-refractivity contribution in [2.24, 2.45) is 0 Å². The average molecular weight is 364 g/mol. The lowest BCUT2D eigenvalue weighted by Gasteiger charge is -2.11. The fourth-order valence-corrected chi connectivity index (χ4v) is 3.92. The van der Waals surface area contributed by atoms with Crippen molar-refractivity contribution >= 4 is 35.3 Å². The first kappa shape index (κ1) is 16.8. The molecule has 1 heterocycles. The minimum Gasteiger partial charge on any atom is -0.544 e. The fraction of sp³-hybridized carbons (Fsp3) is 0.176. The van der Waals surface area contributed by atoms with Crippen LogP contribution in [0.25, 0.3) is 0 Å². The lowest BCUT2D eigenvalue weighted by Crippen LogP contribution is -2.90. The number of carbonyl (C=O) groups excluding carboxylic acids is 2. The maximum absolute atomic E-state index is 12.1. The Morgan fingerprint density at radius 2 is 1.88 bits per heavy atom. The highest BCUT2D eigenvalue weighted by molar-refractivity contribution is 7.99. The number of rotatable bonds is 4. The average Bonchev–Trinajstić information content (AvgIpc) is 3.06. The molecule has 2 atom stereocenters. The molecule has 2 aromatic carbocycles. The standard InChI is InChI=1S/C17H14ClNO4S/c18-13-4-2-1-3-12(13)17(22)23-11-7-5-10(6-8-11)15-19-14(9-24-15)16(20)21/h1-8,14-15,19H,9H2,(H,20,21)/t14-,15-/m1/s1. The normalized spacial score (nSPS) is 19.9. The first-order chi connectivity index (χ1) is 11.5. The van der Waals surface area contributed by atoms with E-state index in [0.717, 1.165) is 5.56 Å². The number of aliphatic carboxylic acids is 1. The van der Waals surface area contributed by atoms with Gasteiger partial charge in [-0.2, -0.15) is 0 Å². The summed E-state index contributed by atoms with van der Waals surface area (Å²) in [4.78, 5) is 23.0. The van der Waals surface area contributed by atoms with E-state index in [4.69, 9.17) is 16.3 Å². The molecule has 2 N–H and O–H groups in total. The summed E-state index contributed by atoms with van der Waals surface area (Å²) in [5.74, 6) is -0.651. The minimum atomic E-state index is -1.05. The molecule has 2 aromatic rings. The van der Waals surface area contributed by atoms with E-state index in [1.54, 1.807) is 53.5 Å². The van der Waals surface area contributed by atoms with Crippen molar-refractivity contribution in [3.05, 3.63) is 64.7 Å². The number of quaternary nitrogens is 1. The molecule has 3 rings (SSSR count). The van der Waals surface area contributed by atoms with E-state index < -0.39 is 18.0 Å². The van der Waals surface area contributed by atoms with E-state index in [2.05, 4.69) is 0 Å². The van der Waals surface area contributed by atoms with Crippen molar-refractivity contribution < 1.29 is 24.7 Å². The number of carbonyl (C=O) groups is 2. The Balaban J connectivity index is 1.66. The zero-order valence-electron chi connectivity index (χ0n) is 12.5. The molecule has 0 aliphatic carbocycles. The summed E-state index contributed by atoms with van der Waals surface area (Å²) in [7, 11) is 0. The topological polar surface area (TPSA) is 83.0 Å². The van der Waals surface area contributed by atoms with Crippen LogP contribution >= 0.6 is 23.4 Å². The van der Waals surface area contributed by atoms with E-state index in [-0.39, 0.29) is 5.37 Å². The zero-order chi connectivity index (χ0) is 17.1. The molecule has 0 amide bonds. The molecule has 0 bridgehead atoms. The van der Waals surface area contributed by atoms with Gasteiger partial charge in [0.2, 0.25) is 0 Å². The molecule has 24 heavy (non-hydrogen) atoms. The third-order valence-electron chi connectivity index (χ3n) is 3.68. The van der Waals surface area contributed by atoms with Gasteiger partial charge in [-0.3, -0.25) is 0 Å². The molecule has 5 nitrogen and oxygen atoms in total. The smallest absolute Gasteiger partial charge is 0.345 e. The Bertz CT molecular complexity index is 765. The summed E-state index contributed by atoms with van der Waals surface area (Å²) >= 11 is 7.52. The van der Waals surface area contributed by atoms with Gasteiger partial charge in [0.25, 0.3) is 0 Å². The number of benzene rings is 2. The molecule has 0 saturated carbocycles. The van der Waals surface area contributed by atoms with Crippen LogP contribution < -0.4 is 15.2 Å². The molecular weight excluding hydrogens is 350 g/mol. The number of halogens is 1. The lowest BCUT2D eigenvalue weighted by atomic mass is 10.2. The van der Waals surface area contributed by atoms with Crippen LogP contribution in [0, 0.1) is 0 Å². The van der Waals surface area contributed by atoms with Gasteiger partial charge < -0.3 is 20.0 Å². The van der Waals surface area contributed by atoms with E-state index in [9.17, 15) is 14.7 Å². The zero-order valence-corrected chi connectivity index (χ0v) is 14.0. The van der Waals surface area contributed by atoms with E-state index in [0.29, 0.717) is 22.1 Å². The van der Waals surface area contributed by atoms with Crippen LogP contribution in [0.15, 0.2) is 48.5 Å². The summed E-state index contributed by atoms with van der Waals surface area (Å²) in [6, 6.07) is 13.2. The van der Waals surface area contributed by atoms with Crippen molar-refractivity contribution in [1.29, 1.82) is 0 Å². The van der Waals surface area contributed by atoms with Gasteiger partial charge in [0, 0.05) is 5.56 Å². The van der Waals surface area contributed by atoms with Crippen molar-refractivity contribution in [2.45, 2.75) is 11.4 Å². The van der Waals surface area contributed by atoms with Crippen LogP contribution in [0.5, 0.6) is 5.75 Å². The van der Waals surface area contributed by atoms with Crippen molar-refractivity contribution in [3.8, 4) is 5.75 Å². The van der Waals surface area contributed by atoms with E-state index in [1.165, 1.54) is 0 Å². The van der Waals surface area contributed by atoms with Gasteiger partial charge in [-0.05, 0) is 36.4 Å². The van der Waals surface area contributed by atoms with Gasteiger partial charge in [0.05, 0.1) is 16.3 Å². The predicted octanol–water partition coefficient (Wildman–Crippen LogP) is 0.987. The number of nitrogens with two attached hydrogens (primary N) is 1. The summed E-state index contributed by atoms with van der Waals surface area (Å²) in [5, 5.41) is 13.0. The highest BCUT2D eigenvalue weighted by Crippen LogP contribution is 2.28. The van der Waals surface area contributed by atoms with E-state index in [1.807, 2.05) is 12.1 Å². The summed E-state index contributed by atoms with van der Waals surface area (Å²) in [5.41, 5.74) is 1.26. The van der Waals surface area contributed by atoms with Crippen LogP contribution in [0.2, 0.25) is 5.02 Å². The maximum atomic E-state index is 12.1. The third kappa shape index (κ3) is 3.72. The Hall–Kier alpha value is -2.02. The minimum absolute atomic E-state index is 0.00113. The van der Waals surface area contributed by atoms with E-state index >= 15 is 0 Å². The Labute approximate surface area is 148 Å². The number of hydrogen-bond acceptors (Lipinski definition) is 5. The highest BCUT2D eigenvalue weighted by Gasteiger charge is 2.30. The molecule has 1 aliphatic heterocycles. The van der Waals surface area contributed by atoms with Crippen LogP contribution in [0.1, 0.15) is 21.3 Å². The Kier molecular flexibility index (Phi) is 5.08. The SMILES string of the molecule is O=C(Oc1ccc([C@@H]2[NH2+][C@@H](C(=O)[O-])CS2)cc1)c1ccccc1Cl. The molecule has 0 radical (unpaired) electrons. The largest absolute Gasteiger partial charge is 0.544 e. The van der Waals surface area contributed by atoms with Crippen LogP contribution in [0.3, 0.4) is 0 Å². The van der Waals surface area contributed by atoms with Gasteiger partial charge in [0.1, 0.15) is 17.8 Å². The quantitative estimate of drug-likeness (QED) is 0.647. The first-order valence-corrected chi connectivity index (χ1v) is 8.71. The summed E-state index contributed by atoms with van der Waals surface area (Å²) in [6.45, 7) is 0. The summed E-state index contributed by atoms with van der Waals surface area (Å²) in [6.07, 6.45) is 0. The second-order valence-electron chi connectivity index (χ2n) is 5.31. The Morgan fingerprint density at radius 1 is 1.17 bits per heavy atom. The van der Waals surface area contributed by atoms with Gasteiger partial charge in [-0.15, -0.1) is 0 Å². The second kappa shape index (κ2) is 7.25. The second-order valence-corrected chi connectivity index (χ2v) is 6.89. The molecule has 1 saturated heterocycles. The number of esters is 1. The van der Waals surface area contributed by atoms with Crippen LogP contribution in [0.4, 0.5) is 0 Å². The molecule has 0 aromatic heterocycles. The number of ether oxygens (including phenoxy) is 1. The number of hydrogen-bond donors (Lipinski definition) is 1. The third-order valence-corrected chi connectivity index (χ3v) is 5.35. The molecule has 7 heteroatoms. The molecular formula is C17H14ClNO4S. The molecule has 124 valence electrons. The van der Waals surface area contributed by atoms with Crippen molar-refractivity contribution in [3.63, 3.8) is 0 Å². The fourth-order valence-electron chi connectivity index (χ4n) is 2.40. The molecule has 1 aliphatic rings. The number of thioether (sulfide) groups is 1. The maximum Gasteiger partial charge on any atom is 0.345 e. The number of carboxylic acids is 1. The van der Waals surface area contributed by atoms with Crippen molar-refractivity contribution in [2.75, 3.05) is 5.75 Å². The first-order valence-electron chi connectivity index (χ1n) is 7.28. The molecule has 0 unspecified atom stereocenters. The van der Waals surface area contributed by atoms with Gasteiger partial charge in [-0.25, -0.2) is 4.79 Å².